The predicted octanol–water partition coefficient (Wildman–Crippen LogP) is -3.25. The molecule has 1 saturated heterocycles. The Morgan fingerprint density at radius 3 is 2.37 bits per heavy atom. The summed E-state index contributed by atoms with van der Waals surface area (Å²) in [6.45, 7) is 0.359. The molecule has 5 N–H and O–H groups in total. The van der Waals surface area contributed by atoms with E-state index in [1.807, 2.05) is 0 Å². The molecule has 1 aliphatic heterocycles. The standard InChI is InChI=1S/C8H15NO9S/c1-3(11)9-5-7(13)6(12)4(2-10)17-8(5)18-19(14,15)16/h4-8,10,12-13H,2H2,1H3,(H,9,11)(H,14,15,16)/t4?,5-,6-,7?,8-/m0/s1. The van der Waals surface area contributed by atoms with Crippen molar-refractivity contribution in [3.8, 4) is 0 Å². The van der Waals surface area contributed by atoms with Gasteiger partial charge in [-0.1, -0.05) is 0 Å². The normalized spacial score (nSPS) is 35.9. The van der Waals surface area contributed by atoms with E-state index >= 15 is 0 Å². The highest BCUT2D eigenvalue weighted by Gasteiger charge is 2.46. The SMILES string of the molecule is CC(=O)N[C@H]1C(O)[C@@H](O)C(CO)O[C@H]1OS(=O)(=O)O. The van der Waals surface area contributed by atoms with Crippen molar-refractivity contribution >= 4 is 16.3 Å². The molecule has 0 aromatic carbocycles. The summed E-state index contributed by atoms with van der Waals surface area (Å²) in [4.78, 5) is 11.0. The zero-order valence-corrected chi connectivity index (χ0v) is 10.6. The largest absolute Gasteiger partial charge is 0.399 e. The van der Waals surface area contributed by atoms with Gasteiger partial charge in [0.1, 0.15) is 24.4 Å². The van der Waals surface area contributed by atoms with Crippen LogP contribution in [0.4, 0.5) is 0 Å². The van der Waals surface area contributed by atoms with Crippen molar-refractivity contribution in [1.29, 1.82) is 0 Å². The van der Waals surface area contributed by atoms with Crippen molar-refractivity contribution in [1.82, 2.24) is 5.32 Å². The first kappa shape index (κ1) is 16.2. The maximum atomic E-state index is 11.0. The molecule has 10 nitrogen and oxygen atoms in total. The molecule has 0 saturated carbocycles. The first-order chi connectivity index (χ1) is 8.65. The maximum absolute atomic E-state index is 11.0. The van der Waals surface area contributed by atoms with Gasteiger partial charge in [-0.2, -0.15) is 8.42 Å². The first-order valence-corrected chi connectivity index (χ1v) is 6.57. The smallest absolute Gasteiger partial charge is 0.394 e. The van der Waals surface area contributed by atoms with Gasteiger partial charge in [0.15, 0.2) is 0 Å². The van der Waals surface area contributed by atoms with Crippen LogP contribution in [-0.2, 0) is 24.1 Å². The highest BCUT2D eigenvalue weighted by Crippen LogP contribution is 2.23. The van der Waals surface area contributed by atoms with Gasteiger partial charge in [-0.05, 0) is 0 Å². The quantitative estimate of drug-likeness (QED) is 0.335. The van der Waals surface area contributed by atoms with Crippen LogP contribution in [0.5, 0.6) is 0 Å². The van der Waals surface area contributed by atoms with E-state index in [0.29, 0.717) is 0 Å². The second-order valence-corrected chi connectivity index (χ2v) is 5.00. The Kier molecular flexibility index (Phi) is 5.20. The van der Waals surface area contributed by atoms with Crippen molar-refractivity contribution < 1.29 is 42.0 Å². The maximum Gasteiger partial charge on any atom is 0.399 e. The Bertz CT molecular complexity index is 424. The number of amides is 1. The summed E-state index contributed by atoms with van der Waals surface area (Å²) in [7, 11) is -4.92. The number of carbonyl (C=O) groups is 1. The van der Waals surface area contributed by atoms with Crippen LogP contribution in [0.1, 0.15) is 6.92 Å². The number of aliphatic hydroxyl groups is 3. The molecule has 1 amide bonds. The summed E-state index contributed by atoms with van der Waals surface area (Å²) < 4.78 is 38.9. The van der Waals surface area contributed by atoms with Gasteiger partial charge in [0.25, 0.3) is 0 Å². The van der Waals surface area contributed by atoms with Gasteiger partial charge in [0.2, 0.25) is 12.2 Å². The van der Waals surface area contributed by atoms with E-state index in [2.05, 4.69) is 9.50 Å². The Balaban J connectivity index is 2.96. The first-order valence-electron chi connectivity index (χ1n) is 5.21. The Labute approximate surface area is 108 Å². The Morgan fingerprint density at radius 1 is 1.37 bits per heavy atom. The molecule has 19 heavy (non-hydrogen) atoms. The third-order valence-corrected chi connectivity index (χ3v) is 2.90. The van der Waals surface area contributed by atoms with Crippen LogP contribution in [0.3, 0.4) is 0 Å². The van der Waals surface area contributed by atoms with E-state index in [4.69, 9.17) is 14.4 Å². The van der Waals surface area contributed by atoms with Crippen LogP contribution in [-0.4, -0.2) is 71.4 Å². The second-order valence-electron chi connectivity index (χ2n) is 3.96. The third-order valence-electron chi connectivity index (χ3n) is 2.47. The van der Waals surface area contributed by atoms with Gasteiger partial charge in [-0.3, -0.25) is 9.35 Å². The second kappa shape index (κ2) is 6.09. The average Bonchev–Trinajstić information content (AvgIpc) is 2.26. The molecule has 0 aromatic heterocycles. The van der Waals surface area contributed by atoms with E-state index < -0.39 is 53.6 Å². The van der Waals surface area contributed by atoms with Crippen LogP contribution in [0.25, 0.3) is 0 Å². The highest BCUT2D eigenvalue weighted by atomic mass is 32.3. The number of hydrogen-bond acceptors (Lipinski definition) is 8. The minimum absolute atomic E-state index is 0.647. The molecule has 11 heteroatoms. The molecular formula is C8H15NO9S. The number of nitrogens with one attached hydrogen (secondary N) is 1. The lowest BCUT2D eigenvalue weighted by molar-refractivity contribution is -0.244. The van der Waals surface area contributed by atoms with Crippen molar-refractivity contribution in [2.75, 3.05) is 6.61 Å². The van der Waals surface area contributed by atoms with Gasteiger partial charge < -0.3 is 25.4 Å². The number of rotatable bonds is 4. The number of ether oxygens (including phenoxy) is 1. The Morgan fingerprint density at radius 2 is 1.95 bits per heavy atom. The van der Waals surface area contributed by atoms with E-state index in [0.717, 1.165) is 6.92 Å². The molecule has 0 aromatic rings. The van der Waals surface area contributed by atoms with Crippen molar-refractivity contribution in [2.24, 2.45) is 0 Å². The molecule has 112 valence electrons. The number of aliphatic hydroxyl groups excluding tert-OH is 3. The van der Waals surface area contributed by atoms with Crippen LogP contribution in [0, 0.1) is 0 Å². The van der Waals surface area contributed by atoms with Crippen molar-refractivity contribution in [3.63, 3.8) is 0 Å². The molecule has 5 atom stereocenters. The summed E-state index contributed by atoms with van der Waals surface area (Å²) in [6, 6.07) is -1.43. The van der Waals surface area contributed by atoms with E-state index in [1.165, 1.54) is 0 Å². The van der Waals surface area contributed by atoms with Crippen LogP contribution < -0.4 is 5.32 Å². The highest BCUT2D eigenvalue weighted by molar-refractivity contribution is 7.80. The van der Waals surface area contributed by atoms with Gasteiger partial charge in [-0.15, -0.1) is 0 Å². The van der Waals surface area contributed by atoms with Crippen LogP contribution in [0.2, 0.25) is 0 Å². The summed E-state index contributed by atoms with van der Waals surface area (Å²) >= 11 is 0. The lowest BCUT2D eigenvalue weighted by Gasteiger charge is -2.41. The molecule has 1 aliphatic rings. The van der Waals surface area contributed by atoms with Crippen molar-refractivity contribution in [2.45, 2.75) is 37.6 Å². The summed E-state index contributed by atoms with van der Waals surface area (Å²) in [5.41, 5.74) is 0. The summed E-state index contributed by atoms with van der Waals surface area (Å²) in [6.07, 6.45) is -6.33. The lowest BCUT2D eigenvalue weighted by atomic mass is 9.97. The zero-order chi connectivity index (χ0) is 14.8. The number of hydrogen-bond donors (Lipinski definition) is 5. The fourth-order valence-corrected chi connectivity index (χ4v) is 2.08. The molecular weight excluding hydrogens is 286 g/mol. The molecule has 0 spiro atoms. The fourth-order valence-electron chi connectivity index (χ4n) is 1.67. The molecule has 0 aliphatic carbocycles. The molecule has 1 heterocycles. The Hall–Kier alpha value is -0.820. The van der Waals surface area contributed by atoms with Gasteiger partial charge in [0, 0.05) is 6.92 Å². The minimum Gasteiger partial charge on any atom is -0.394 e. The summed E-state index contributed by atoms with van der Waals surface area (Å²) in [5.74, 6) is -0.647. The molecule has 1 fully saturated rings. The van der Waals surface area contributed by atoms with E-state index in [9.17, 15) is 23.4 Å². The topological polar surface area (TPSA) is 163 Å². The predicted molar refractivity (Wildman–Crippen MR) is 58.0 cm³/mol. The van der Waals surface area contributed by atoms with E-state index in [-0.39, 0.29) is 0 Å². The van der Waals surface area contributed by atoms with Crippen molar-refractivity contribution in [3.05, 3.63) is 0 Å². The lowest BCUT2D eigenvalue weighted by Crippen LogP contribution is -2.64. The average molecular weight is 301 g/mol. The third kappa shape index (κ3) is 4.35. The molecule has 2 unspecified atom stereocenters. The van der Waals surface area contributed by atoms with E-state index in [1.54, 1.807) is 0 Å². The summed E-state index contributed by atoms with van der Waals surface area (Å²) in [5, 5.41) is 30.4. The van der Waals surface area contributed by atoms with Crippen LogP contribution >= 0.6 is 0 Å². The monoisotopic (exact) mass is 301 g/mol. The molecule has 0 bridgehead atoms. The van der Waals surface area contributed by atoms with Gasteiger partial charge in [-0.25, -0.2) is 4.18 Å². The van der Waals surface area contributed by atoms with Crippen LogP contribution in [0.15, 0.2) is 0 Å². The molecule has 0 radical (unpaired) electrons. The minimum atomic E-state index is -4.92. The van der Waals surface area contributed by atoms with Gasteiger partial charge >= 0.3 is 10.4 Å². The zero-order valence-electron chi connectivity index (χ0n) is 9.83. The number of carbonyl (C=O) groups excluding carboxylic acids is 1. The molecule has 1 rings (SSSR count). The fraction of sp³-hybridized carbons (Fsp3) is 0.875. The van der Waals surface area contributed by atoms with Gasteiger partial charge in [0.05, 0.1) is 6.61 Å².